The summed E-state index contributed by atoms with van der Waals surface area (Å²) in [6.45, 7) is 2.61. The molecule has 0 aromatic heterocycles. The van der Waals surface area contributed by atoms with Gasteiger partial charge >= 0.3 is 5.97 Å². The number of benzene rings is 1. The normalized spacial score (nSPS) is 9.56. The van der Waals surface area contributed by atoms with Gasteiger partial charge in [-0.05, 0) is 25.5 Å². The monoisotopic (exact) mass is 247 g/mol. The van der Waals surface area contributed by atoms with Gasteiger partial charge in [-0.15, -0.1) is 0 Å². The van der Waals surface area contributed by atoms with Gasteiger partial charge in [0, 0.05) is 6.42 Å². The highest BCUT2D eigenvalue weighted by Crippen LogP contribution is 2.11. The van der Waals surface area contributed by atoms with E-state index in [1.165, 1.54) is 5.56 Å². The van der Waals surface area contributed by atoms with Gasteiger partial charge in [-0.1, -0.05) is 17.7 Å². The molecule has 0 spiro atoms. The number of hydrogen-bond acceptors (Lipinski definition) is 4. The lowest BCUT2D eigenvalue weighted by Gasteiger charge is -2.06. The predicted molar refractivity (Wildman–Crippen MR) is 67.1 cm³/mol. The second kappa shape index (κ2) is 8.13. The Bertz CT molecular complexity index is 406. The fraction of sp³-hybridized carbons (Fsp3) is 0.429. The molecular formula is C14H17NO3. The highest BCUT2D eigenvalue weighted by molar-refractivity contribution is 5.69. The Morgan fingerprint density at radius 3 is 2.67 bits per heavy atom. The lowest BCUT2D eigenvalue weighted by atomic mass is 10.2. The van der Waals surface area contributed by atoms with Crippen LogP contribution < -0.4 is 4.74 Å². The fourth-order valence-electron chi connectivity index (χ4n) is 1.30. The maximum atomic E-state index is 11.3. The molecule has 0 fully saturated rings. The average Bonchev–Trinajstić information content (AvgIpc) is 2.37. The molecule has 96 valence electrons. The zero-order valence-corrected chi connectivity index (χ0v) is 10.5. The quantitative estimate of drug-likeness (QED) is 0.549. The Labute approximate surface area is 107 Å². The van der Waals surface area contributed by atoms with Gasteiger partial charge in [-0.3, -0.25) is 4.79 Å². The maximum absolute atomic E-state index is 11.3. The number of carbonyl (C=O) groups excluding carboxylic acids is 1. The number of ether oxygens (including phenoxy) is 2. The van der Waals surface area contributed by atoms with Crippen LogP contribution in [0.3, 0.4) is 0 Å². The second-order valence-electron chi connectivity index (χ2n) is 3.89. The summed E-state index contributed by atoms with van der Waals surface area (Å²) in [5, 5.41) is 8.31. The fourth-order valence-corrected chi connectivity index (χ4v) is 1.30. The molecule has 18 heavy (non-hydrogen) atoms. The van der Waals surface area contributed by atoms with Crippen molar-refractivity contribution in [2.24, 2.45) is 0 Å². The van der Waals surface area contributed by atoms with E-state index >= 15 is 0 Å². The molecule has 0 bridgehead atoms. The molecule has 4 nitrogen and oxygen atoms in total. The second-order valence-corrected chi connectivity index (χ2v) is 3.89. The Morgan fingerprint density at radius 1 is 1.28 bits per heavy atom. The van der Waals surface area contributed by atoms with Crippen LogP contribution in [0.15, 0.2) is 24.3 Å². The largest absolute Gasteiger partial charge is 0.493 e. The average molecular weight is 247 g/mol. The van der Waals surface area contributed by atoms with E-state index in [9.17, 15) is 4.79 Å². The van der Waals surface area contributed by atoms with Crippen LogP contribution in [0, 0.1) is 18.3 Å². The molecule has 0 saturated heterocycles. The number of esters is 1. The van der Waals surface area contributed by atoms with Crippen molar-refractivity contribution in [1.29, 1.82) is 5.26 Å². The molecule has 0 aliphatic carbocycles. The number of hydrogen-bond donors (Lipinski definition) is 0. The van der Waals surface area contributed by atoms with Crippen molar-refractivity contribution in [2.75, 3.05) is 13.2 Å². The first-order chi connectivity index (χ1) is 8.72. The SMILES string of the molecule is Cc1ccc(OCCC(=O)OCCCC#N)cc1. The third-order valence-corrected chi connectivity index (χ3v) is 2.29. The molecular weight excluding hydrogens is 230 g/mol. The van der Waals surface area contributed by atoms with E-state index in [0.29, 0.717) is 26.1 Å². The van der Waals surface area contributed by atoms with E-state index in [2.05, 4.69) is 0 Å². The molecule has 0 atom stereocenters. The van der Waals surface area contributed by atoms with E-state index in [-0.39, 0.29) is 12.4 Å². The Kier molecular flexibility index (Phi) is 6.34. The van der Waals surface area contributed by atoms with E-state index in [1.54, 1.807) is 0 Å². The highest BCUT2D eigenvalue weighted by Gasteiger charge is 2.03. The minimum atomic E-state index is -0.292. The van der Waals surface area contributed by atoms with Crippen molar-refractivity contribution in [3.05, 3.63) is 29.8 Å². The van der Waals surface area contributed by atoms with E-state index in [1.807, 2.05) is 37.3 Å². The van der Waals surface area contributed by atoms with Crippen LogP contribution in [0.4, 0.5) is 0 Å². The highest BCUT2D eigenvalue weighted by atomic mass is 16.5. The van der Waals surface area contributed by atoms with E-state index < -0.39 is 0 Å². The van der Waals surface area contributed by atoms with Crippen LogP contribution in [0.1, 0.15) is 24.8 Å². The van der Waals surface area contributed by atoms with E-state index in [0.717, 1.165) is 5.75 Å². The summed E-state index contributed by atoms with van der Waals surface area (Å²) in [7, 11) is 0. The molecule has 0 unspecified atom stereocenters. The number of nitriles is 1. The van der Waals surface area contributed by atoms with Gasteiger partial charge in [0.15, 0.2) is 0 Å². The number of unbranched alkanes of at least 4 members (excludes halogenated alkanes) is 1. The van der Waals surface area contributed by atoms with Crippen LogP contribution >= 0.6 is 0 Å². The summed E-state index contributed by atoms with van der Waals surface area (Å²) < 4.78 is 10.3. The number of rotatable bonds is 7. The Balaban J connectivity index is 2.12. The molecule has 1 aromatic carbocycles. The number of nitrogens with zero attached hydrogens (tertiary/aromatic N) is 1. The van der Waals surface area contributed by atoms with Crippen molar-refractivity contribution in [1.82, 2.24) is 0 Å². The first kappa shape index (κ1) is 14.0. The number of aryl methyl sites for hydroxylation is 1. The van der Waals surface area contributed by atoms with Crippen molar-refractivity contribution in [3.8, 4) is 11.8 Å². The van der Waals surface area contributed by atoms with Gasteiger partial charge in [-0.2, -0.15) is 5.26 Å². The molecule has 4 heteroatoms. The molecule has 0 amide bonds. The summed E-state index contributed by atoms with van der Waals surface area (Å²) in [4.78, 5) is 11.3. The molecule has 0 saturated carbocycles. The van der Waals surface area contributed by atoms with Gasteiger partial charge in [0.1, 0.15) is 5.75 Å². The Hall–Kier alpha value is -2.02. The molecule has 0 N–H and O–H groups in total. The first-order valence-corrected chi connectivity index (χ1v) is 5.94. The molecule has 0 radical (unpaired) electrons. The van der Waals surface area contributed by atoms with Crippen molar-refractivity contribution in [3.63, 3.8) is 0 Å². The van der Waals surface area contributed by atoms with Crippen LogP contribution in [0.2, 0.25) is 0 Å². The predicted octanol–water partition coefficient (Wildman–Crippen LogP) is 2.61. The van der Waals surface area contributed by atoms with Gasteiger partial charge in [0.2, 0.25) is 0 Å². The van der Waals surface area contributed by atoms with Gasteiger partial charge in [-0.25, -0.2) is 0 Å². The van der Waals surface area contributed by atoms with Crippen molar-refractivity contribution >= 4 is 5.97 Å². The Morgan fingerprint density at radius 2 is 2.00 bits per heavy atom. The summed E-state index contributed by atoms with van der Waals surface area (Å²) in [6.07, 6.45) is 1.22. The summed E-state index contributed by atoms with van der Waals surface area (Å²) >= 11 is 0. The number of carbonyl (C=O) groups is 1. The molecule has 0 aliphatic heterocycles. The molecule has 0 aliphatic rings. The minimum Gasteiger partial charge on any atom is -0.493 e. The minimum absolute atomic E-state index is 0.223. The molecule has 1 rings (SSSR count). The third-order valence-electron chi connectivity index (χ3n) is 2.29. The summed E-state index contributed by atoms with van der Waals surface area (Å²) in [6, 6.07) is 9.64. The van der Waals surface area contributed by atoms with Crippen LogP contribution in [-0.4, -0.2) is 19.2 Å². The zero-order valence-electron chi connectivity index (χ0n) is 10.5. The summed E-state index contributed by atoms with van der Waals surface area (Å²) in [5.41, 5.74) is 1.17. The van der Waals surface area contributed by atoms with Gasteiger partial charge in [0.05, 0.1) is 25.7 Å². The molecule has 0 heterocycles. The zero-order chi connectivity index (χ0) is 13.2. The smallest absolute Gasteiger partial charge is 0.309 e. The van der Waals surface area contributed by atoms with Crippen molar-refractivity contribution in [2.45, 2.75) is 26.2 Å². The lowest BCUT2D eigenvalue weighted by Crippen LogP contribution is -2.10. The van der Waals surface area contributed by atoms with E-state index in [4.69, 9.17) is 14.7 Å². The van der Waals surface area contributed by atoms with Gasteiger partial charge in [0.25, 0.3) is 0 Å². The third kappa shape index (κ3) is 5.90. The first-order valence-electron chi connectivity index (χ1n) is 5.94. The van der Waals surface area contributed by atoms with Crippen LogP contribution in [-0.2, 0) is 9.53 Å². The summed E-state index contributed by atoms with van der Waals surface area (Å²) in [5.74, 6) is 0.456. The molecule has 1 aromatic rings. The van der Waals surface area contributed by atoms with Crippen molar-refractivity contribution < 1.29 is 14.3 Å². The standard InChI is InChI=1S/C14H17NO3/c1-12-4-6-13(7-5-12)17-11-8-14(16)18-10-3-2-9-15/h4-7H,2-3,8,10-11H2,1H3. The van der Waals surface area contributed by atoms with Crippen LogP contribution in [0.25, 0.3) is 0 Å². The maximum Gasteiger partial charge on any atom is 0.309 e. The van der Waals surface area contributed by atoms with Crippen LogP contribution in [0.5, 0.6) is 5.75 Å². The topological polar surface area (TPSA) is 59.3 Å². The van der Waals surface area contributed by atoms with Gasteiger partial charge < -0.3 is 9.47 Å². The lowest BCUT2D eigenvalue weighted by molar-refractivity contribution is -0.144.